The molecule has 0 radical (unpaired) electrons. The fourth-order valence-corrected chi connectivity index (χ4v) is 2.59. The number of hydrogen-bond acceptors (Lipinski definition) is 4. The fraction of sp³-hybridized carbons (Fsp3) is 0. The van der Waals surface area contributed by atoms with Crippen LogP contribution in [0.15, 0.2) is 48.7 Å². The molecule has 18 heavy (non-hydrogen) atoms. The van der Waals surface area contributed by atoms with Gasteiger partial charge in [-0.2, -0.15) is 0 Å². The molecule has 1 heterocycles. The third-order valence-corrected chi connectivity index (χ3v) is 3.61. The summed E-state index contributed by atoms with van der Waals surface area (Å²) >= 11 is 1.22. The van der Waals surface area contributed by atoms with Crippen molar-refractivity contribution in [2.75, 3.05) is 5.73 Å². The molecule has 2 N–H and O–H groups in total. The number of aromatic nitrogens is 1. The maximum atomic E-state index is 12.4. The van der Waals surface area contributed by atoms with E-state index in [-0.39, 0.29) is 5.78 Å². The molecule has 0 amide bonds. The van der Waals surface area contributed by atoms with Gasteiger partial charge in [-0.15, -0.1) is 0 Å². The van der Waals surface area contributed by atoms with Gasteiger partial charge in [-0.1, -0.05) is 53.8 Å². The van der Waals surface area contributed by atoms with E-state index in [4.69, 9.17) is 5.73 Å². The highest BCUT2D eigenvalue weighted by molar-refractivity contribution is 7.17. The Balaban J connectivity index is 2.17. The van der Waals surface area contributed by atoms with E-state index in [1.165, 1.54) is 17.5 Å². The Morgan fingerprint density at radius 3 is 2.67 bits per heavy atom. The van der Waals surface area contributed by atoms with E-state index in [1.54, 1.807) is 0 Å². The van der Waals surface area contributed by atoms with Crippen LogP contribution in [0, 0.1) is 0 Å². The number of nitrogens with two attached hydrogens (primary N) is 1. The maximum Gasteiger partial charge on any atom is 0.205 e. The summed E-state index contributed by atoms with van der Waals surface area (Å²) in [6, 6.07) is 13.6. The third kappa shape index (κ3) is 1.76. The summed E-state index contributed by atoms with van der Waals surface area (Å²) < 4.78 is 0. The highest BCUT2D eigenvalue weighted by Crippen LogP contribution is 2.24. The first kappa shape index (κ1) is 10.9. The van der Waals surface area contributed by atoms with Gasteiger partial charge < -0.3 is 5.73 Å². The van der Waals surface area contributed by atoms with Crippen molar-refractivity contribution in [1.82, 2.24) is 4.98 Å². The maximum absolute atomic E-state index is 12.4. The average molecular weight is 254 g/mol. The zero-order valence-electron chi connectivity index (χ0n) is 9.46. The fourth-order valence-electron chi connectivity index (χ4n) is 1.95. The molecule has 0 bridgehead atoms. The van der Waals surface area contributed by atoms with Crippen LogP contribution in [-0.4, -0.2) is 10.8 Å². The van der Waals surface area contributed by atoms with Crippen LogP contribution in [0.5, 0.6) is 0 Å². The summed E-state index contributed by atoms with van der Waals surface area (Å²) in [7, 11) is 0. The largest absolute Gasteiger partial charge is 0.375 e. The SMILES string of the molecule is Nc1ncc(C(=O)c2cccc3ccccc23)s1. The molecule has 88 valence electrons. The van der Waals surface area contributed by atoms with Gasteiger partial charge in [0.25, 0.3) is 0 Å². The van der Waals surface area contributed by atoms with Gasteiger partial charge >= 0.3 is 0 Å². The number of fused-ring (bicyclic) bond motifs is 1. The molecule has 0 spiro atoms. The minimum absolute atomic E-state index is 0.0269. The minimum Gasteiger partial charge on any atom is -0.375 e. The second-order valence-electron chi connectivity index (χ2n) is 3.92. The lowest BCUT2D eigenvalue weighted by Gasteiger charge is -2.03. The standard InChI is InChI=1S/C14H10N2OS/c15-14-16-8-12(18-14)13(17)11-7-3-5-9-4-1-2-6-10(9)11/h1-8H,(H2,15,16). The third-order valence-electron chi connectivity index (χ3n) is 2.78. The molecule has 0 saturated heterocycles. The summed E-state index contributed by atoms with van der Waals surface area (Å²) in [5.74, 6) is -0.0269. The summed E-state index contributed by atoms with van der Waals surface area (Å²) in [5, 5.41) is 2.43. The lowest BCUT2D eigenvalue weighted by Crippen LogP contribution is -1.99. The van der Waals surface area contributed by atoms with Gasteiger partial charge in [0.1, 0.15) is 0 Å². The number of ketones is 1. The molecule has 4 heteroatoms. The van der Waals surface area contributed by atoms with Crippen molar-refractivity contribution >= 4 is 33.0 Å². The molecule has 3 rings (SSSR count). The van der Waals surface area contributed by atoms with Gasteiger partial charge in [-0.05, 0) is 10.8 Å². The van der Waals surface area contributed by atoms with Crippen molar-refractivity contribution in [2.24, 2.45) is 0 Å². The van der Waals surface area contributed by atoms with Crippen LogP contribution >= 0.6 is 11.3 Å². The first-order chi connectivity index (χ1) is 8.75. The Bertz CT molecular complexity index is 728. The molecule has 2 aromatic carbocycles. The number of carbonyl (C=O) groups excluding carboxylic acids is 1. The molecule has 0 aliphatic heterocycles. The van der Waals surface area contributed by atoms with Gasteiger partial charge in [0.15, 0.2) is 5.13 Å². The van der Waals surface area contributed by atoms with Crippen LogP contribution in [0.25, 0.3) is 10.8 Å². The summed E-state index contributed by atoms with van der Waals surface area (Å²) in [6.07, 6.45) is 1.53. The zero-order chi connectivity index (χ0) is 12.5. The van der Waals surface area contributed by atoms with Gasteiger partial charge in [0, 0.05) is 5.56 Å². The minimum atomic E-state index is -0.0269. The van der Waals surface area contributed by atoms with Crippen LogP contribution < -0.4 is 5.73 Å². The van der Waals surface area contributed by atoms with E-state index in [2.05, 4.69) is 4.98 Å². The molecule has 3 aromatic rings. The molecule has 0 atom stereocenters. The first-order valence-corrected chi connectivity index (χ1v) is 6.31. The van der Waals surface area contributed by atoms with Gasteiger partial charge in [-0.25, -0.2) is 4.98 Å². The van der Waals surface area contributed by atoms with Crippen molar-refractivity contribution in [3.8, 4) is 0 Å². The number of hydrogen-bond donors (Lipinski definition) is 1. The van der Waals surface area contributed by atoms with E-state index in [0.717, 1.165) is 10.8 Å². The van der Waals surface area contributed by atoms with Crippen LogP contribution in [0.2, 0.25) is 0 Å². The Hall–Kier alpha value is -2.20. The molecule has 0 aliphatic carbocycles. The van der Waals surface area contributed by atoms with Crippen molar-refractivity contribution < 1.29 is 4.79 Å². The summed E-state index contributed by atoms with van der Waals surface area (Å²) in [6.45, 7) is 0. The number of benzene rings is 2. The smallest absolute Gasteiger partial charge is 0.205 e. The zero-order valence-corrected chi connectivity index (χ0v) is 10.3. The number of anilines is 1. The number of nitrogens with zero attached hydrogens (tertiary/aromatic N) is 1. The molecule has 3 nitrogen and oxygen atoms in total. The number of rotatable bonds is 2. The molecule has 1 aromatic heterocycles. The van der Waals surface area contributed by atoms with Crippen molar-refractivity contribution in [2.45, 2.75) is 0 Å². The topological polar surface area (TPSA) is 56.0 Å². The predicted octanol–water partition coefficient (Wildman–Crippen LogP) is 3.11. The van der Waals surface area contributed by atoms with Gasteiger partial charge in [-0.3, -0.25) is 4.79 Å². The Morgan fingerprint density at radius 2 is 1.89 bits per heavy atom. The molecule has 0 fully saturated rings. The predicted molar refractivity (Wildman–Crippen MR) is 73.9 cm³/mol. The average Bonchev–Trinajstić information content (AvgIpc) is 2.84. The lowest BCUT2D eigenvalue weighted by atomic mass is 10.0. The monoisotopic (exact) mass is 254 g/mol. The number of carbonyl (C=O) groups is 1. The van der Waals surface area contributed by atoms with Crippen LogP contribution in [-0.2, 0) is 0 Å². The van der Waals surface area contributed by atoms with Gasteiger partial charge in [0.05, 0.1) is 11.1 Å². The normalized spacial score (nSPS) is 10.7. The van der Waals surface area contributed by atoms with Crippen LogP contribution in [0.3, 0.4) is 0 Å². The molecular weight excluding hydrogens is 244 g/mol. The summed E-state index contributed by atoms with van der Waals surface area (Å²) in [4.78, 5) is 16.9. The van der Waals surface area contributed by atoms with E-state index in [1.807, 2.05) is 42.5 Å². The van der Waals surface area contributed by atoms with Crippen molar-refractivity contribution in [3.05, 3.63) is 59.1 Å². The lowest BCUT2D eigenvalue weighted by molar-refractivity contribution is 0.104. The molecule has 0 unspecified atom stereocenters. The molecule has 0 saturated carbocycles. The molecular formula is C14H10N2OS. The Morgan fingerprint density at radius 1 is 1.11 bits per heavy atom. The Labute approximate surface area is 108 Å². The number of thiazole rings is 1. The highest BCUT2D eigenvalue weighted by Gasteiger charge is 2.14. The molecule has 0 aliphatic rings. The second-order valence-corrected chi connectivity index (χ2v) is 4.98. The van der Waals surface area contributed by atoms with Crippen LogP contribution in [0.1, 0.15) is 15.2 Å². The quantitative estimate of drug-likeness (QED) is 0.715. The first-order valence-electron chi connectivity index (χ1n) is 5.49. The van der Waals surface area contributed by atoms with E-state index in [9.17, 15) is 4.79 Å². The van der Waals surface area contributed by atoms with Crippen molar-refractivity contribution in [1.29, 1.82) is 0 Å². The van der Waals surface area contributed by atoms with E-state index >= 15 is 0 Å². The van der Waals surface area contributed by atoms with E-state index in [0.29, 0.717) is 15.6 Å². The number of nitrogen functional groups attached to an aromatic ring is 1. The van der Waals surface area contributed by atoms with Gasteiger partial charge in [0.2, 0.25) is 5.78 Å². The second kappa shape index (κ2) is 4.23. The van der Waals surface area contributed by atoms with Crippen molar-refractivity contribution in [3.63, 3.8) is 0 Å². The highest BCUT2D eigenvalue weighted by atomic mass is 32.1. The van der Waals surface area contributed by atoms with E-state index < -0.39 is 0 Å². The summed E-state index contributed by atoms with van der Waals surface area (Å²) in [5.41, 5.74) is 6.25. The Kier molecular flexibility index (Phi) is 2.57. The van der Waals surface area contributed by atoms with Crippen LogP contribution in [0.4, 0.5) is 5.13 Å².